The highest BCUT2D eigenvalue weighted by Gasteiger charge is 2.48. The van der Waals surface area contributed by atoms with Crippen molar-refractivity contribution in [3.05, 3.63) is 77.9 Å². The fourth-order valence-electron chi connectivity index (χ4n) is 5.06. The molecule has 220 valence electrons. The first kappa shape index (κ1) is 31.0. The summed E-state index contributed by atoms with van der Waals surface area (Å²) < 4.78 is 5.49. The number of terminal acetylenes is 1. The SMILES string of the molecule is C#Cc1ccccc1C(C(=O)Nc1ccc2ccccc2c1)N(C(=O)C(CCSC)NC(=O)OC(C)(C)C)C1CC1C. The van der Waals surface area contributed by atoms with Crippen molar-refractivity contribution in [1.82, 2.24) is 10.2 Å². The van der Waals surface area contributed by atoms with E-state index in [4.69, 9.17) is 11.2 Å². The van der Waals surface area contributed by atoms with Crippen molar-refractivity contribution in [3.8, 4) is 12.3 Å². The Kier molecular flexibility index (Phi) is 9.85. The molecule has 4 atom stereocenters. The topological polar surface area (TPSA) is 87.7 Å². The zero-order valence-corrected chi connectivity index (χ0v) is 25.7. The Morgan fingerprint density at radius 1 is 1.07 bits per heavy atom. The number of carbonyl (C=O) groups is 3. The number of hydrogen-bond acceptors (Lipinski definition) is 5. The van der Waals surface area contributed by atoms with Crippen LogP contribution in [0.5, 0.6) is 0 Å². The van der Waals surface area contributed by atoms with E-state index in [0.29, 0.717) is 29.0 Å². The molecule has 4 unspecified atom stereocenters. The van der Waals surface area contributed by atoms with E-state index in [2.05, 4.69) is 23.5 Å². The first-order valence-electron chi connectivity index (χ1n) is 14.2. The molecule has 42 heavy (non-hydrogen) atoms. The molecule has 0 spiro atoms. The van der Waals surface area contributed by atoms with Crippen LogP contribution in [0.1, 0.15) is 57.7 Å². The molecular weight excluding hydrogens is 546 g/mol. The van der Waals surface area contributed by atoms with Crippen LogP contribution in [-0.2, 0) is 14.3 Å². The summed E-state index contributed by atoms with van der Waals surface area (Å²) in [6.45, 7) is 7.36. The number of benzene rings is 3. The van der Waals surface area contributed by atoms with E-state index >= 15 is 0 Å². The van der Waals surface area contributed by atoms with Gasteiger partial charge in [0.2, 0.25) is 5.91 Å². The summed E-state index contributed by atoms with van der Waals surface area (Å²) >= 11 is 1.58. The molecule has 3 aromatic carbocycles. The number of amides is 3. The quantitative estimate of drug-likeness (QED) is 0.270. The molecule has 2 N–H and O–H groups in total. The lowest BCUT2D eigenvalue weighted by Gasteiger charge is -2.35. The fourth-order valence-corrected chi connectivity index (χ4v) is 5.53. The largest absolute Gasteiger partial charge is 0.444 e. The van der Waals surface area contributed by atoms with Crippen molar-refractivity contribution in [2.24, 2.45) is 5.92 Å². The molecular formula is C34H39N3O4S. The summed E-state index contributed by atoms with van der Waals surface area (Å²) in [7, 11) is 0. The van der Waals surface area contributed by atoms with Crippen molar-refractivity contribution in [2.75, 3.05) is 17.3 Å². The molecule has 0 aromatic heterocycles. The highest BCUT2D eigenvalue weighted by atomic mass is 32.2. The van der Waals surface area contributed by atoms with Crippen LogP contribution in [0.2, 0.25) is 0 Å². The van der Waals surface area contributed by atoms with E-state index in [1.807, 2.05) is 60.9 Å². The van der Waals surface area contributed by atoms with Gasteiger partial charge in [-0.25, -0.2) is 4.79 Å². The van der Waals surface area contributed by atoms with Crippen molar-refractivity contribution in [2.45, 2.75) is 64.3 Å². The highest BCUT2D eigenvalue weighted by Crippen LogP contribution is 2.42. The van der Waals surface area contributed by atoms with Gasteiger partial charge in [0.25, 0.3) is 5.91 Å². The predicted octanol–water partition coefficient (Wildman–Crippen LogP) is 6.38. The van der Waals surface area contributed by atoms with E-state index < -0.39 is 23.8 Å². The standard InChI is InChI=1S/C34H39N3O4S/c1-7-23-12-10-11-15-27(23)30(31(38)35-26-17-16-24-13-8-9-14-25(24)21-26)37(29-20-22(29)2)32(39)28(18-19-42-6)36-33(40)41-34(3,4)5/h1,8-17,21-22,28-30H,18-20H2,2-6H3,(H,35,38)(H,36,40). The van der Waals surface area contributed by atoms with Crippen LogP contribution >= 0.6 is 11.8 Å². The van der Waals surface area contributed by atoms with Gasteiger partial charge >= 0.3 is 6.09 Å². The van der Waals surface area contributed by atoms with Gasteiger partial charge in [-0.3, -0.25) is 9.59 Å². The molecule has 1 fully saturated rings. The minimum absolute atomic E-state index is 0.186. The summed E-state index contributed by atoms with van der Waals surface area (Å²) in [6, 6.07) is 18.7. The Bertz CT molecular complexity index is 1490. The number of hydrogen-bond donors (Lipinski definition) is 2. The maximum Gasteiger partial charge on any atom is 0.408 e. The second-order valence-corrected chi connectivity index (χ2v) is 12.7. The van der Waals surface area contributed by atoms with Gasteiger partial charge in [-0.15, -0.1) is 6.42 Å². The molecule has 3 amide bonds. The average molecular weight is 586 g/mol. The Morgan fingerprint density at radius 2 is 1.74 bits per heavy atom. The summed E-state index contributed by atoms with van der Waals surface area (Å²) in [5.41, 5.74) is 0.981. The summed E-state index contributed by atoms with van der Waals surface area (Å²) in [5.74, 6) is 2.80. The molecule has 0 bridgehead atoms. The van der Waals surface area contributed by atoms with Crippen molar-refractivity contribution in [3.63, 3.8) is 0 Å². The fraction of sp³-hybridized carbons (Fsp3) is 0.382. The molecule has 1 aliphatic carbocycles. The molecule has 0 heterocycles. The van der Waals surface area contributed by atoms with Gasteiger partial charge in [-0.05, 0) is 86.1 Å². The Morgan fingerprint density at radius 3 is 2.38 bits per heavy atom. The molecule has 1 aliphatic rings. The number of thioether (sulfide) groups is 1. The molecule has 0 saturated heterocycles. The number of nitrogens with zero attached hydrogens (tertiary/aromatic N) is 1. The molecule has 3 aromatic rings. The number of anilines is 1. The Labute approximate surface area is 252 Å². The molecule has 8 heteroatoms. The molecule has 0 radical (unpaired) electrons. The average Bonchev–Trinajstić information content (AvgIpc) is 3.67. The summed E-state index contributed by atoms with van der Waals surface area (Å²) in [6.07, 6.45) is 8.28. The van der Waals surface area contributed by atoms with Crippen LogP contribution < -0.4 is 10.6 Å². The molecule has 7 nitrogen and oxygen atoms in total. The van der Waals surface area contributed by atoms with E-state index in [1.165, 1.54) is 0 Å². The Balaban J connectivity index is 1.74. The van der Waals surface area contributed by atoms with Gasteiger partial charge in [-0.1, -0.05) is 61.4 Å². The Hall–Kier alpha value is -3.96. The van der Waals surface area contributed by atoms with Crippen molar-refractivity contribution < 1.29 is 19.1 Å². The van der Waals surface area contributed by atoms with Crippen LogP contribution in [0.4, 0.5) is 10.5 Å². The van der Waals surface area contributed by atoms with Crippen LogP contribution in [0.25, 0.3) is 10.8 Å². The van der Waals surface area contributed by atoms with Gasteiger partial charge < -0.3 is 20.3 Å². The third-order valence-electron chi connectivity index (χ3n) is 7.23. The lowest BCUT2D eigenvalue weighted by atomic mass is 9.96. The summed E-state index contributed by atoms with van der Waals surface area (Å²) in [5, 5.41) is 7.88. The molecule has 4 rings (SSSR count). The smallest absolute Gasteiger partial charge is 0.408 e. The first-order valence-corrected chi connectivity index (χ1v) is 15.6. The van der Waals surface area contributed by atoms with Crippen LogP contribution in [-0.4, -0.2) is 52.5 Å². The molecule has 0 aliphatic heterocycles. The number of fused-ring (bicyclic) bond motifs is 1. The minimum atomic E-state index is -1.01. The van der Waals surface area contributed by atoms with Crippen LogP contribution in [0.3, 0.4) is 0 Å². The van der Waals surface area contributed by atoms with E-state index in [9.17, 15) is 14.4 Å². The minimum Gasteiger partial charge on any atom is -0.444 e. The lowest BCUT2D eigenvalue weighted by Crippen LogP contribution is -2.53. The normalized spacial score (nSPS) is 17.4. The first-order chi connectivity index (χ1) is 20.0. The van der Waals surface area contributed by atoms with Gasteiger partial charge in [0.05, 0.1) is 0 Å². The van der Waals surface area contributed by atoms with Gasteiger partial charge in [0, 0.05) is 17.3 Å². The van der Waals surface area contributed by atoms with Gasteiger partial charge in [0.15, 0.2) is 0 Å². The number of carbonyl (C=O) groups excluding carboxylic acids is 3. The highest BCUT2D eigenvalue weighted by molar-refractivity contribution is 7.98. The zero-order valence-electron chi connectivity index (χ0n) is 24.8. The molecule has 1 saturated carbocycles. The lowest BCUT2D eigenvalue weighted by molar-refractivity contribution is -0.141. The number of alkyl carbamates (subject to hydrolysis) is 1. The third-order valence-corrected chi connectivity index (χ3v) is 7.88. The predicted molar refractivity (Wildman–Crippen MR) is 170 cm³/mol. The van der Waals surface area contributed by atoms with Crippen molar-refractivity contribution in [1.29, 1.82) is 0 Å². The zero-order chi connectivity index (χ0) is 30.4. The van der Waals surface area contributed by atoms with Crippen LogP contribution in [0, 0.1) is 18.3 Å². The van der Waals surface area contributed by atoms with E-state index in [-0.39, 0.29) is 23.8 Å². The maximum atomic E-state index is 14.4. The van der Waals surface area contributed by atoms with E-state index in [0.717, 1.165) is 17.2 Å². The van der Waals surface area contributed by atoms with Gasteiger partial charge in [-0.2, -0.15) is 11.8 Å². The van der Waals surface area contributed by atoms with E-state index in [1.54, 1.807) is 49.6 Å². The van der Waals surface area contributed by atoms with Crippen LogP contribution in [0.15, 0.2) is 66.7 Å². The second-order valence-electron chi connectivity index (χ2n) is 11.7. The third kappa shape index (κ3) is 7.65. The number of nitrogens with one attached hydrogen (secondary N) is 2. The number of ether oxygens (including phenoxy) is 1. The monoisotopic (exact) mass is 585 g/mol. The van der Waals surface area contributed by atoms with Crippen molar-refractivity contribution >= 4 is 46.1 Å². The van der Waals surface area contributed by atoms with Gasteiger partial charge in [0.1, 0.15) is 17.7 Å². The second kappa shape index (κ2) is 13.3. The maximum absolute atomic E-state index is 14.4. The number of rotatable bonds is 10. The summed E-state index contributed by atoms with van der Waals surface area (Å²) in [4.78, 5) is 43.2.